The van der Waals surface area contributed by atoms with Gasteiger partial charge in [-0.1, -0.05) is 6.92 Å². The van der Waals surface area contributed by atoms with Gasteiger partial charge in [-0.2, -0.15) is 0 Å². The van der Waals surface area contributed by atoms with Gasteiger partial charge in [-0.15, -0.1) is 0 Å². The largest absolute Gasteiger partial charge is 0.481 e. The van der Waals surface area contributed by atoms with Crippen LogP contribution in [0.2, 0.25) is 0 Å². The maximum Gasteiger partial charge on any atom is 0.308 e. The third-order valence-electron chi connectivity index (χ3n) is 3.45. The van der Waals surface area contributed by atoms with Crippen molar-refractivity contribution in [2.24, 2.45) is 11.8 Å². The molecule has 1 N–H and O–H groups in total. The molecule has 0 bridgehead atoms. The molecule has 19 heavy (non-hydrogen) atoms. The molecule has 1 saturated heterocycles. The predicted octanol–water partition coefficient (Wildman–Crippen LogP) is 2.26. The Morgan fingerprint density at radius 3 is 2.37 bits per heavy atom. The van der Waals surface area contributed by atoms with Gasteiger partial charge < -0.3 is 5.11 Å². The van der Waals surface area contributed by atoms with Crippen molar-refractivity contribution >= 4 is 5.97 Å². The summed E-state index contributed by atoms with van der Waals surface area (Å²) in [7, 11) is 0. The molecule has 6 heteroatoms. The summed E-state index contributed by atoms with van der Waals surface area (Å²) >= 11 is 0. The zero-order chi connectivity index (χ0) is 14.2. The maximum absolute atomic E-state index is 13.1. The van der Waals surface area contributed by atoms with Crippen molar-refractivity contribution in [2.75, 3.05) is 13.1 Å². The lowest BCUT2D eigenvalue weighted by molar-refractivity contribution is -0.142. The van der Waals surface area contributed by atoms with Gasteiger partial charge >= 0.3 is 5.97 Å². The van der Waals surface area contributed by atoms with E-state index in [1.807, 2.05) is 6.92 Å². The zero-order valence-corrected chi connectivity index (χ0v) is 10.4. The molecule has 1 heterocycles. The van der Waals surface area contributed by atoms with Gasteiger partial charge in [0.25, 0.3) is 0 Å². The second-order valence-corrected chi connectivity index (χ2v) is 4.99. The van der Waals surface area contributed by atoms with Crippen LogP contribution >= 0.6 is 0 Å². The Morgan fingerprint density at radius 1 is 1.32 bits per heavy atom. The SMILES string of the molecule is CC1CN(Cc2cc(F)c(F)c(F)c2)CC1C(=O)O. The van der Waals surface area contributed by atoms with Gasteiger partial charge in [0, 0.05) is 19.6 Å². The highest BCUT2D eigenvalue weighted by molar-refractivity contribution is 5.71. The van der Waals surface area contributed by atoms with Crippen molar-refractivity contribution in [3.63, 3.8) is 0 Å². The Morgan fingerprint density at radius 2 is 1.89 bits per heavy atom. The van der Waals surface area contributed by atoms with E-state index in [2.05, 4.69) is 0 Å². The molecule has 0 radical (unpaired) electrons. The van der Waals surface area contributed by atoms with Gasteiger partial charge in [-0.3, -0.25) is 9.69 Å². The topological polar surface area (TPSA) is 40.5 Å². The van der Waals surface area contributed by atoms with Crippen LogP contribution in [0.25, 0.3) is 0 Å². The number of carboxylic acid groups (broad SMARTS) is 1. The molecule has 2 rings (SSSR count). The van der Waals surface area contributed by atoms with Gasteiger partial charge in [0.1, 0.15) is 0 Å². The van der Waals surface area contributed by atoms with E-state index in [4.69, 9.17) is 5.11 Å². The second kappa shape index (κ2) is 5.21. The number of carboxylic acids is 1. The first-order valence-corrected chi connectivity index (χ1v) is 5.97. The van der Waals surface area contributed by atoms with Crippen LogP contribution in [-0.4, -0.2) is 29.1 Å². The predicted molar refractivity (Wildman–Crippen MR) is 61.9 cm³/mol. The summed E-state index contributed by atoms with van der Waals surface area (Å²) in [6.07, 6.45) is 0. The molecule has 1 aromatic carbocycles. The van der Waals surface area contributed by atoms with E-state index < -0.39 is 29.3 Å². The van der Waals surface area contributed by atoms with Gasteiger partial charge in [0.05, 0.1) is 5.92 Å². The number of nitrogens with zero attached hydrogens (tertiary/aromatic N) is 1. The lowest BCUT2D eigenvalue weighted by atomic mass is 9.99. The first kappa shape index (κ1) is 13.9. The van der Waals surface area contributed by atoms with E-state index in [1.54, 1.807) is 4.90 Å². The van der Waals surface area contributed by atoms with E-state index in [-0.39, 0.29) is 12.5 Å². The molecule has 0 saturated carbocycles. The minimum Gasteiger partial charge on any atom is -0.481 e. The highest BCUT2D eigenvalue weighted by Gasteiger charge is 2.34. The van der Waals surface area contributed by atoms with Crippen LogP contribution in [-0.2, 0) is 11.3 Å². The van der Waals surface area contributed by atoms with Gasteiger partial charge in [-0.25, -0.2) is 13.2 Å². The molecule has 104 valence electrons. The normalized spacial score (nSPS) is 23.8. The smallest absolute Gasteiger partial charge is 0.308 e. The molecule has 1 aliphatic heterocycles. The highest BCUT2D eigenvalue weighted by Crippen LogP contribution is 2.25. The molecule has 0 spiro atoms. The molecular formula is C13H14F3NO2. The number of likely N-dealkylation sites (tertiary alicyclic amines) is 1. The molecule has 0 aromatic heterocycles. The van der Waals surface area contributed by atoms with Crippen LogP contribution in [0.1, 0.15) is 12.5 Å². The number of hydrogen-bond acceptors (Lipinski definition) is 2. The molecule has 0 aliphatic carbocycles. The number of aliphatic carboxylic acids is 1. The number of halogens is 3. The van der Waals surface area contributed by atoms with Crippen LogP contribution in [0.15, 0.2) is 12.1 Å². The average molecular weight is 273 g/mol. The lowest BCUT2D eigenvalue weighted by Gasteiger charge is -2.15. The fraction of sp³-hybridized carbons (Fsp3) is 0.462. The first-order valence-electron chi connectivity index (χ1n) is 5.97. The Bertz CT molecular complexity index is 484. The average Bonchev–Trinajstić information content (AvgIpc) is 2.67. The molecule has 1 aromatic rings. The van der Waals surface area contributed by atoms with Crippen molar-refractivity contribution in [3.8, 4) is 0 Å². The summed E-state index contributed by atoms with van der Waals surface area (Å²) in [4.78, 5) is 12.8. The summed E-state index contributed by atoms with van der Waals surface area (Å²) in [6.45, 7) is 2.90. The minimum absolute atomic E-state index is 0.0207. The standard InChI is InChI=1S/C13H14F3NO2/c1-7-4-17(6-9(7)13(18)19)5-8-2-10(14)12(16)11(15)3-8/h2-3,7,9H,4-6H2,1H3,(H,18,19). The lowest BCUT2D eigenvalue weighted by Crippen LogP contribution is -2.23. The number of carbonyl (C=O) groups is 1. The van der Waals surface area contributed by atoms with E-state index in [9.17, 15) is 18.0 Å². The fourth-order valence-corrected chi connectivity index (χ4v) is 2.48. The highest BCUT2D eigenvalue weighted by atomic mass is 19.2. The van der Waals surface area contributed by atoms with Gasteiger partial charge in [-0.05, 0) is 23.6 Å². The van der Waals surface area contributed by atoms with Crippen molar-refractivity contribution in [2.45, 2.75) is 13.5 Å². The van der Waals surface area contributed by atoms with Crippen LogP contribution in [0.3, 0.4) is 0 Å². The molecule has 0 amide bonds. The summed E-state index contributed by atoms with van der Waals surface area (Å²) in [5.41, 5.74) is 0.301. The summed E-state index contributed by atoms with van der Waals surface area (Å²) in [5, 5.41) is 9.00. The third-order valence-corrected chi connectivity index (χ3v) is 3.45. The number of benzene rings is 1. The van der Waals surface area contributed by atoms with Gasteiger partial charge in [0.2, 0.25) is 0 Å². The molecule has 1 fully saturated rings. The number of hydrogen-bond donors (Lipinski definition) is 1. The van der Waals surface area contributed by atoms with Crippen molar-refractivity contribution in [3.05, 3.63) is 35.1 Å². The molecule has 1 aliphatic rings. The Hall–Kier alpha value is -1.56. The van der Waals surface area contributed by atoms with E-state index in [0.717, 1.165) is 12.1 Å². The molecule has 2 atom stereocenters. The second-order valence-electron chi connectivity index (χ2n) is 4.99. The Balaban J connectivity index is 2.09. The maximum atomic E-state index is 13.1. The fourth-order valence-electron chi connectivity index (χ4n) is 2.48. The Kier molecular flexibility index (Phi) is 3.80. The minimum atomic E-state index is -1.48. The first-order chi connectivity index (χ1) is 8.88. The van der Waals surface area contributed by atoms with E-state index in [1.165, 1.54) is 0 Å². The molecular weight excluding hydrogens is 259 g/mol. The van der Waals surface area contributed by atoms with Crippen LogP contribution in [0.5, 0.6) is 0 Å². The van der Waals surface area contributed by atoms with Crippen molar-refractivity contribution < 1.29 is 23.1 Å². The molecule has 2 unspecified atom stereocenters. The van der Waals surface area contributed by atoms with Crippen LogP contribution in [0.4, 0.5) is 13.2 Å². The monoisotopic (exact) mass is 273 g/mol. The summed E-state index contributed by atoms with van der Waals surface area (Å²) < 4.78 is 38.9. The van der Waals surface area contributed by atoms with E-state index >= 15 is 0 Å². The summed E-state index contributed by atoms with van der Waals surface area (Å²) in [6, 6.07) is 1.88. The van der Waals surface area contributed by atoms with Crippen LogP contribution in [0, 0.1) is 29.3 Å². The van der Waals surface area contributed by atoms with Crippen molar-refractivity contribution in [1.29, 1.82) is 0 Å². The van der Waals surface area contributed by atoms with Gasteiger partial charge in [0.15, 0.2) is 17.5 Å². The van der Waals surface area contributed by atoms with Crippen molar-refractivity contribution in [1.82, 2.24) is 4.90 Å². The quantitative estimate of drug-likeness (QED) is 0.859. The van der Waals surface area contributed by atoms with Crippen LogP contribution < -0.4 is 0 Å². The number of rotatable bonds is 3. The Labute approximate surface area is 108 Å². The van der Waals surface area contributed by atoms with E-state index in [0.29, 0.717) is 18.7 Å². The zero-order valence-electron chi connectivity index (χ0n) is 10.4. The summed E-state index contributed by atoms with van der Waals surface area (Å²) in [5.74, 6) is -5.30. The third kappa shape index (κ3) is 2.89. The molecule has 3 nitrogen and oxygen atoms in total.